The molecule has 0 saturated heterocycles. The summed E-state index contributed by atoms with van der Waals surface area (Å²) < 4.78 is 6.52. The van der Waals surface area contributed by atoms with Crippen molar-refractivity contribution in [1.82, 2.24) is 0 Å². The average Bonchev–Trinajstić information content (AvgIpc) is 2.90. The third-order valence-corrected chi connectivity index (χ3v) is 10.3. The van der Waals surface area contributed by atoms with Gasteiger partial charge in [-0.25, -0.2) is 0 Å². The topological polar surface area (TPSA) is 9.23 Å². The highest BCUT2D eigenvalue weighted by molar-refractivity contribution is 6.69. The average molecular weight is 375 g/mol. The maximum absolute atomic E-state index is 6.52. The van der Waals surface area contributed by atoms with E-state index in [1.807, 2.05) is 0 Å². The van der Waals surface area contributed by atoms with Gasteiger partial charge in [-0.05, 0) is 106 Å². The standard InChI is InChI=1S/C24H42OSi/c1-7-17-9-11-21-20-10-8-18-16-19(25-26(4,5)6)12-14-24(18,3)22(20)13-15-23(17,21)2/h8,17,19-22H,7,9-16H2,1-6H3/t17-,19?,20-,21-,22-,23+,24-/m0/s1. The quantitative estimate of drug-likeness (QED) is 0.375. The Kier molecular flexibility index (Phi) is 4.79. The van der Waals surface area contributed by atoms with Gasteiger partial charge in [0.1, 0.15) is 0 Å². The van der Waals surface area contributed by atoms with Gasteiger partial charge in [-0.2, -0.15) is 0 Å². The van der Waals surface area contributed by atoms with Gasteiger partial charge in [0.05, 0.1) is 0 Å². The molecule has 0 aromatic heterocycles. The first-order chi connectivity index (χ1) is 12.2. The molecule has 0 N–H and O–H groups in total. The number of rotatable bonds is 3. The monoisotopic (exact) mass is 374 g/mol. The number of hydrogen-bond acceptors (Lipinski definition) is 1. The van der Waals surface area contributed by atoms with Crippen LogP contribution in [-0.4, -0.2) is 14.4 Å². The van der Waals surface area contributed by atoms with Crippen LogP contribution in [0.2, 0.25) is 19.6 Å². The van der Waals surface area contributed by atoms with Crippen LogP contribution in [-0.2, 0) is 4.43 Å². The van der Waals surface area contributed by atoms with Crippen molar-refractivity contribution in [2.75, 3.05) is 0 Å². The summed E-state index contributed by atoms with van der Waals surface area (Å²) in [7, 11) is -1.43. The smallest absolute Gasteiger partial charge is 0.184 e. The molecule has 0 spiro atoms. The van der Waals surface area contributed by atoms with Crippen molar-refractivity contribution < 1.29 is 4.43 Å². The molecule has 148 valence electrons. The summed E-state index contributed by atoms with van der Waals surface area (Å²) in [5, 5.41) is 0. The zero-order chi connectivity index (χ0) is 18.7. The third kappa shape index (κ3) is 2.98. The van der Waals surface area contributed by atoms with E-state index in [1.165, 1.54) is 57.8 Å². The highest BCUT2D eigenvalue weighted by atomic mass is 28.4. The van der Waals surface area contributed by atoms with Gasteiger partial charge in [0.2, 0.25) is 0 Å². The van der Waals surface area contributed by atoms with Crippen molar-refractivity contribution >= 4 is 8.32 Å². The molecule has 0 bridgehead atoms. The summed E-state index contributed by atoms with van der Waals surface area (Å²) in [6, 6.07) is 0. The van der Waals surface area contributed by atoms with Crippen molar-refractivity contribution in [2.45, 2.75) is 104 Å². The molecule has 4 rings (SSSR count). The van der Waals surface area contributed by atoms with E-state index in [0.717, 1.165) is 23.7 Å². The molecule has 0 radical (unpaired) electrons. The number of allylic oxidation sites excluding steroid dienone is 1. The number of fused-ring (bicyclic) bond motifs is 5. The molecule has 0 aromatic rings. The van der Waals surface area contributed by atoms with Crippen molar-refractivity contribution in [1.29, 1.82) is 0 Å². The Morgan fingerprint density at radius 2 is 1.81 bits per heavy atom. The summed E-state index contributed by atoms with van der Waals surface area (Å²) in [5.41, 5.74) is 2.91. The third-order valence-electron chi connectivity index (χ3n) is 9.27. The van der Waals surface area contributed by atoms with Crippen molar-refractivity contribution in [3.63, 3.8) is 0 Å². The summed E-state index contributed by atoms with van der Waals surface area (Å²) >= 11 is 0. The lowest BCUT2D eigenvalue weighted by Crippen LogP contribution is -2.51. The van der Waals surface area contributed by atoms with E-state index in [-0.39, 0.29) is 0 Å². The van der Waals surface area contributed by atoms with Crippen molar-refractivity contribution in [3.8, 4) is 0 Å². The zero-order valence-corrected chi connectivity index (χ0v) is 19.2. The van der Waals surface area contributed by atoms with Crippen LogP contribution in [0.5, 0.6) is 0 Å². The van der Waals surface area contributed by atoms with E-state index in [4.69, 9.17) is 4.43 Å². The first-order valence-corrected chi connectivity index (χ1v) is 15.0. The van der Waals surface area contributed by atoms with Crippen LogP contribution < -0.4 is 0 Å². The lowest BCUT2D eigenvalue weighted by atomic mass is 9.47. The van der Waals surface area contributed by atoms with Gasteiger partial charge in [0.15, 0.2) is 8.32 Å². The maximum atomic E-state index is 6.52. The molecular weight excluding hydrogens is 332 g/mol. The Balaban J connectivity index is 1.56. The van der Waals surface area contributed by atoms with Crippen molar-refractivity contribution in [3.05, 3.63) is 11.6 Å². The van der Waals surface area contributed by atoms with E-state index in [9.17, 15) is 0 Å². The molecule has 0 aliphatic heterocycles. The Morgan fingerprint density at radius 3 is 2.50 bits per heavy atom. The minimum Gasteiger partial charge on any atom is -0.414 e. The minimum atomic E-state index is -1.43. The van der Waals surface area contributed by atoms with Gasteiger partial charge in [0, 0.05) is 6.10 Å². The van der Waals surface area contributed by atoms with E-state index in [2.05, 4.69) is 46.5 Å². The second-order valence-corrected chi connectivity index (χ2v) is 16.0. The van der Waals surface area contributed by atoms with Crippen LogP contribution in [0.3, 0.4) is 0 Å². The lowest BCUT2D eigenvalue weighted by Gasteiger charge is -2.58. The van der Waals surface area contributed by atoms with Gasteiger partial charge >= 0.3 is 0 Å². The summed E-state index contributed by atoms with van der Waals surface area (Å²) in [6.45, 7) is 14.8. The zero-order valence-electron chi connectivity index (χ0n) is 18.2. The van der Waals surface area contributed by atoms with Crippen LogP contribution >= 0.6 is 0 Å². The molecule has 7 atom stereocenters. The molecule has 4 aliphatic carbocycles. The molecule has 3 saturated carbocycles. The molecule has 26 heavy (non-hydrogen) atoms. The van der Waals surface area contributed by atoms with Crippen LogP contribution in [0.25, 0.3) is 0 Å². The predicted molar refractivity (Wildman–Crippen MR) is 114 cm³/mol. The first-order valence-electron chi connectivity index (χ1n) is 11.5. The summed E-state index contributed by atoms with van der Waals surface area (Å²) in [4.78, 5) is 0. The van der Waals surface area contributed by atoms with Gasteiger partial charge in [-0.1, -0.05) is 38.8 Å². The molecular formula is C24H42OSi. The summed E-state index contributed by atoms with van der Waals surface area (Å²) in [6.07, 6.45) is 15.9. The SMILES string of the molecule is CC[C@H]1CC[C@H]2[C@@H]3CC=C4CC(O[Si](C)(C)C)CC[C@]4(C)[C@H]3CC[C@]12C. The highest BCUT2D eigenvalue weighted by Gasteiger charge is 2.58. The molecule has 0 aromatic carbocycles. The fourth-order valence-electron chi connectivity index (χ4n) is 8.01. The molecule has 3 fully saturated rings. The highest BCUT2D eigenvalue weighted by Crippen LogP contribution is 2.66. The molecule has 4 aliphatic rings. The Labute approximate surface area is 163 Å². The molecule has 0 heterocycles. The van der Waals surface area contributed by atoms with E-state index < -0.39 is 8.32 Å². The van der Waals surface area contributed by atoms with Crippen LogP contribution in [0, 0.1) is 34.5 Å². The number of hydrogen-bond donors (Lipinski definition) is 0. The van der Waals surface area contributed by atoms with Crippen LogP contribution in [0.1, 0.15) is 78.6 Å². The minimum absolute atomic E-state index is 0.480. The van der Waals surface area contributed by atoms with E-state index in [0.29, 0.717) is 16.9 Å². The van der Waals surface area contributed by atoms with Gasteiger partial charge < -0.3 is 4.43 Å². The fourth-order valence-corrected chi connectivity index (χ4v) is 9.21. The Morgan fingerprint density at radius 1 is 1.04 bits per heavy atom. The first kappa shape index (κ1) is 19.2. The Bertz CT molecular complexity index is 575. The van der Waals surface area contributed by atoms with E-state index in [1.54, 1.807) is 5.57 Å². The second-order valence-electron chi connectivity index (χ2n) is 11.6. The fraction of sp³-hybridized carbons (Fsp3) is 0.917. The largest absolute Gasteiger partial charge is 0.414 e. The normalized spacial score (nSPS) is 48.4. The lowest BCUT2D eigenvalue weighted by molar-refractivity contribution is -0.0488. The van der Waals surface area contributed by atoms with Crippen LogP contribution in [0.4, 0.5) is 0 Å². The molecule has 1 nitrogen and oxygen atoms in total. The van der Waals surface area contributed by atoms with Crippen molar-refractivity contribution in [2.24, 2.45) is 34.5 Å². The predicted octanol–water partition coefficient (Wildman–Crippen LogP) is 7.20. The van der Waals surface area contributed by atoms with E-state index >= 15 is 0 Å². The molecule has 1 unspecified atom stereocenters. The van der Waals surface area contributed by atoms with Gasteiger partial charge in [-0.3, -0.25) is 0 Å². The van der Waals surface area contributed by atoms with Gasteiger partial charge in [-0.15, -0.1) is 0 Å². The second kappa shape index (κ2) is 6.48. The maximum Gasteiger partial charge on any atom is 0.184 e. The Hall–Kier alpha value is -0.0831. The molecule has 2 heteroatoms. The molecule has 0 amide bonds. The van der Waals surface area contributed by atoms with Gasteiger partial charge in [0.25, 0.3) is 0 Å². The summed E-state index contributed by atoms with van der Waals surface area (Å²) in [5.74, 6) is 3.90. The van der Waals surface area contributed by atoms with Crippen LogP contribution in [0.15, 0.2) is 11.6 Å².